The topological polar surface area (TPSA) is 34.1 Å². The summed E-state index contributed by atoms with van der Waals surface area (Å²) in [5, 5.41) is 0. The van der Waals surface area contributed by atoms with E-state index in [1.807, 2.05) is 0 Å². The van der Waals surface area contributed by atoms with Crippen molar-refractivity contribution >= 4 is 12.1 Å². The molecule has 0 N–H and O–H groups in total. The van der Waals surface area contributed by atoms with Crippen LogP contribution < -0.4 is 0 Å². The molecule has 2 nitrogen and oxygen atoms in total. The molecule has 0 rings (SSSR count). The van der Waals surface area contributed by atoms with Crippen molar-refractivity contribution in [2.24, 2.45) is 0 Å². The third-order valence-electron chi connectivity index (χ3n) is 0.499. The number of carbonyl (C=O) groups excluding carboxylic acids is 2. The molecule has 0 radical (unpaired) electrons. The molecule has 10 heavy (non-hydrogen) atoms. The van der Waals surface area contributed by atoms with Gasteiger partial charge in [-0.05, 0) is 18.2 Å². The van der Waals surface area contributed by atoms with E-state index in [1.165, 1.54) is 18.2 Å². The molecule has 0 aliphatic heterocycles. The minimum Gasteiger partial charge on any atom is -0.299 e. The molecule has 0 bridgehead atoms. The second-order valence-corrected chi connectivity index (χ2v) is 1.18. The Kier molecular flexibility index (Phi) is 12.0. The predicted octanol–water partition coefficient (Wildman–Crippen LogP) is 1.30. The van der Waals surface area contributed by atoms with Gasteiger partial charge in [0.2, 0.25) is 0 Å². The molecule has 0 saturated carbocycles. The molecule has 0 aromatic heterocycles. The Labute approximate surface area is 60.6 Å². The van der Waals surface area contributed by atoms with Crippen LogP contribution in [0.3, 0.4) is 0 Å². The van der Waals surface area contributed by atoms with Crippen molar-refractivity contribution in [2.45, 2.75) is 0 Å². The zero-order valence-corrected chi connectivity index (χ0v) is 5.75. The molecule has 0 unspecified atom stereocenters. The summed E-state index contributed by atoms with van der Waals surface area (Å²) in [6.45, 7) is 9.53. The lowest BCUT2D eigenvalue weighted by atomic mass is 10.4. The fourth-order valence-electron chi connectivity index (χ4n) is 0.0833. The largest absolute Gasteiger partial charge is 0.299 e. The van der Waals surface area contributed by atoms with E-state index < -0.39 is 0 Å². The van der Waals surface area contributed by atoms with E-state index in [0.717, 1.165) is 0 Å². The summed E-state index contributed by atoms with van der Waals surface area (Å²) >= 11 is 0. The normalized spacial score (nSPS) is 6.00. The van der Waals surface area contributed by atoms with Crippen LogP contribution in [0.15, 0.2) is 38.0 Å². The van der Waals surface area contributed by atoms with E-state index in [9.17, 15) is 4.79 Å². The smallest absolute Gasteiger partial charge is 0.177 e. The summed E-state index contributed by atoms with van der Waals surface area (Å²) in [7, 11) is 0. The van der Waals surface area contributed by atoms with Gasteiger partial charge in [0.1, 0.15) is 6.29 Å². The molecule has 0 saturated heterocycles. The Morgan fingerprint density at radius 3 is 1.40 bits per heavy atom. The third-order valence-corrected chi connectivity index (χ3v) is 0.499. The average Bonchev–Trinajstić information content (AvgIpc) is 2.03. The van der Waals surface area contributed by atoms with Crippen LogP contribution in [0.1, 0.15) is 0 Å². The van der Waals surface area contributed by atoms with Gasteiger partial charge in [0.25, 0.3) is 0 Å². The molecule has 0 fully saturated rings. The van der Waals surface area contributed by atoms with Crippen LogP contribution in [-0.4, -0.2) is 12.1 Å². The highest BCUT2D eigenvalue weighted by Crippen LogP contribution is 1.68. The van der Waals surface area contributed by atoms with Gasteiger partial charge in [0, 0.05) is 0 Å². The number of allylic oxidation sites excluding steroid dienone is 3. The van der Waals surface area contributed by atoms with E-state index in [1.54, 1.807) is 0 Å². The standard InChI is InChI=1S/C5H6O.C3H4O/c1-3-5(6)4-2;1-2-3-4/h3-4H,1-2H2;2-3H,1H2. The Morgan fingerprint density at radius 1 is 1.10 bits per heavy atom. The van der Waals surface area contributed by atoms with Crippen molar-refractivity contribution in [3.05, 3.63) is 38.0 Å². The second-order valence-electron chi connectivity index (χ2n) is 1.18. The monoisotopic (exact) mass is 138 g/mol. The van der Waals surface area contributed by atoms with Crippen molar-refractivity contribution in [3.63, 3.8) is 0 Å². The van der Waals surface area contributed by atoms with Gasteiger partial charge in [-0.3, -0.25) is 9.59 Å². The van der Waals surface area contributed by atoms with Gasteiger partial charge >= 0.3 is 0 Å². The lowest BCUT2D eigenvalue weighted by molar-refractivity contribution is -0.110. The maximum absolute atomic E-state index is 9.94. The summed E-state index contributed by atoms with van der Waals surface area (Å²) in [4.78, 5) is 19.0. The minimum atomic E-state index is -0.130. The van der Waals surface area contributed by atoms with Crippen molar-refractivity contribution < 1.29 is 9.59 Å². The van der Waals surface area contributed by atoms with E-state index in [0.29, 0.717) is 6.29 Å². The van der Waals surface area contributed by atoms with Crippen molar-refractivity contribution in [1.29, 1.82) is 0 Å². The fourth-order valence-corrected chi connectivity index (χ4v) is 0.0833. The van der Waals surface area contributed by atoms with Crippen LogP contribution >= 0.6 is 0 Å². The Hall–Kier alpha value is -1.44. The van der Waals surface area contributed by atoms with Crippen molar-refractivity contribution in [3.8, 4) is 0 Å². The van der Waals surface area contributed by atoms with Gasteiger partial charge < -0.3 is 0 Å². The maximum atomic E-state index is 9.94. The molecule has 0 spiro atoms. The van der Waals surface area contributed by atoms with Crippen LogP contribution in [0.2, 0.25) is 0 Å². The first-order valence-electron chi connectivity index (χ1n) is 2.58. The molecule has 0 heterocycles. The van der Waals surface area contributed by atoms with Gasteiger partial charge in [-0.2, -0.15) is 0 Å². The van der Waals surface area contributed by atoms with Crippen molar-refractivity contribution in [1.82, 2.24) is 0 Å². The summed E-state index contributed by atoms with van der Waals surface area (Å²) in [5.74, 6) is -0.130. The molecule has 0 aliphatic carbocycles. The highest BCUT2D eigenvalue weighted by Gasteiger charge is 1.75. The van der Waals surface area contributed by atoms with Crippen molar-refractivity contribution in [2.75, 3.05) is 0 Å². The highest BCUT2D eigenvalue weighted by molar-refractivity contribution is 5.98. The molecular formula is C8H10O2. The Morgan fingerprint density at radius 2 is 1.40 bits per heavy atom. The van der Waals surface area contributed by atoms with Gasteiger partial charge in [0.15, 0.2) is 5.78 Å². The molecule has 0 aromatic rings. The lowest BCUT2D eigenvalue weighted by Gasteiger charge is -1.68. The summed E-state index contributed by atoms with van der Waals surface area (Å²) < 4.78 is 0. The number of rotatable bonds is 3. The molecule has 2 heteroatoms. The van der Waals surface area contributed by atoms with E-state index in [-0.39, 0.29) is 5.78 Å². The van der Waals surface area contributed by atoms with E-state index >= 15 is 0 Å². The molecule has 0 amide bonds. The number of ketones is 1. The average molecular weight is 138 g/mol. The maximum Gasteiger partial charge on any atom is 0.177 e. The zero-order chi connectivity index (χ0) is 8.41. The summed E-state index contributed by atoms with van der Waals surface area (Å²) in [6.07, 6.45) is 4.26. The second kappa shape index (κ2) is 10.5. The van der Waals surface area contributed by atoms with Crippen LogP contribution in [-0.2, 0) is 9.59 Å². The van der Waals surface area contributed by atoms with Crippen LogP contribution in [0.5, 0.6) is 0 Å². The Balaban J connectivity index is 0. The van der Waals surface area contributed by atoms with E-state index in [2.05, 4.69) is 19.7 Å². The van der Waals surface area contributed by atoms with Gasteiger partial charge in [-0.25, -0.2) is 0 Å². The highest BCUT2D eigenvalue weighted by atomic mass is 16.1. The zero-order valence-electron chi connectivity index (χ0n) is 5.75. The van der Waals surface area contributed by atoms with Gasteiger partial charge in [0.05, 0.1) is 0 Å². The van der Waals surface area contributed by atoms with Crippen LogP contribution in [0, 0.1) is 0 Å². The molecule has 0 aromatic carbocycles. The van der Waals surface area contributed by atoms with Crippen LogP contribution in [0.25, 0.3) is 0 Å². The lowest BCUT2D eigenvalue weighted by Crippen LogP contribution is -1.78. The number of hydrogen-bond acceptors (Lipinski definition) is 2. The molecule has 54 valence electrons. The van der Waals surface area contributed by atoms with Gasteiger partial charge in [-0.1, -0.05) is 19.7 Å². The number of aldehydes is 1. The summed E-state index contributed by atoms with van der Waals surface area (Å²) in [6, 6.07) is 0. The quantitative estimate of drug-likeness (QED) is 0.435. The molecule has 0 atom stereocenters. The first-order valence-corrected chi connectivity index (χ1v) is 2.58. The minimum absolute atomic E-state index is 0.130. The van der Waals surface area contributed by atoms with E-state index in [4.69, 9.17) is 4.79 Å². The predicted molar refractivity (Wildman–Crippen MR) is 41.7 cm³/mol. The fraction of sp³-hybridized carbons (Fsp3) is 0. The first-order chi connectivity index (χ1) is 4.72. The molecular weight excluding hydrogens is 128 g/mol. The number of hydrogen-bond donors (Lipinski definition) is 0. The molecule has 0 aliphatic rings. The van der Waals surface area contributed by atoms with Crippen LogP contribution in [0.4, 0.5) is 0 Å². The first kappa shape index (κ1) is 11.4. The Bertz CT molecular complexity index is 129. The van der Waals surface area contributed by atoms with Gasteiger partial charge in [-0.15, -0.1) is 0 Å². The summed E-state index contributed by atoms with van der Waals surface area (Å²) in [5.41, 5.74) is 0. The number of carbonyl (C=O) groups is 2. The third kappa shape index (κ3) is 16.0. The SMILES string of the molecule is C=CC(=O)C=C.C=CC=O.